The summed E-state index contributed by atoms with van der Waals surface area (Å²) in [6.07, 6.45) is 0. The van der Waals surface area contributed by atoms with Crippen LogP contribution in [0.15, 0.2) is 0 Å². The third kappa shape index (κ3) is 4.19. The molecule has 0 rings (SSSR count). The van der Waals surface area contributed by atoms with E-state index in [1.165, 1.54) is 0 Å². The number of ether oxygens (including phenoxy) is 1. The van der Waals surface area contributed by atoms with Crippen LogP contribution in [-0.4, -0.2) is 26.9 Å². The fraction of sp³-hybridized carbons (Fsp3) is 0.750. The van der Waals surface area contributed by atoms with Gasteiger partial charge in [-0.3, -0.25) is 4.79 Å². The van der Waals surface area contributed by atoms with Gasteiger partial charge in [0.05, 0.1) is 0 Å². The second-order valence-corrected chi connectivity index (χ2v) is 3.20. The monoisotopic (exact) mass is 204 g/mol. The van der Waals surface area contributed by atoms with Gasteiger partial charge in [0.25, 0.3) is 0 Å². The number of halogens is 2. The zero-order valence-corrected chi connectivity index (χ0v) is 6.81. The molecule has 0 N–H and O–H groups in total. The predicted octanol–water partition coefficient (Wildman–Crippen LogP) is 0.0760. The highest BCUT2D eigenvalue weighted by Crippen LogP contribution is 2.06. The van der Waals surface area contributed by atoms with Crippen molar-refractivity contribution >= 4 is 16.1 Å². The van der Waals surface area contributed by atoms with Crippen molar-refractivity contribution in [2.45, 2.75) is 12.7 Å². The van der Waals surface area contributed by atoms with Crippen LogP contribution in [0.2, 0.25) is 0 Å². The van der Waals surface area contributed by atoms with Crippen LogP contribution in [0.3, 0.4) is 0 Å². The summed E-state index contributed by atoms with van der Waals surface area (Å²) >= 11 is 0. The Bertz CT molecular complexity index is 246. The van der Waals surface area contributed by atoms with Gasteiger partial charge >= 0.3 is 21.8 Å². The second-order valence-electron chi connectivity index (χ2n) is 1.63. The zero-order valence-electron chi connectivity index (χ0n) is 5.99. The molecule has 0 amide bonds. The summed E-state index contributed by atoms with van der Waals surface area (Å²) in [5.74, 6) is -4.45. The lowest BCUT2D eigenvalue weighted by Gasteiger charge is -2.03. The Labute approximate surface area is 67.4 Å². The van der Waals surface area contributed by atoms with E-state index in [1.807, 2.05) is 0 Å². The lowest BCUT2D eigenvalue weighted by atomic mass is 10.8. The molecule has 0 aromatic heterocycles. The summed E-state index contributed by atoms with van der Waals surface area (Å²) in [7, 11) is -4.90. The molecule has 0 bridgehead atoms. The predicted molar refractivity (Wildman–Crippen MR) is 32.6 cm³/mol. The molecule has 0 fully saturated rings. The highest BCUT2D eigenvalue weighted by Gasteiger charge is 2.25. The molecule has 0 aliphatic rings. The molecule has 0 saturated heterocycles. The van der Waals surface area contributed by atoms with Crippen LogP contribution in [-0.2, 0) is 23.8 Å². The summed E-state index contributed by atoms with van der Waals surface area (Å²) in [5.41, 5.74) is 0. The maximum absolute atomic E-state index is 11.5. The summed E-state index contributed by atoms with van der Waals surface area (Å²) in [4.78, 5) is 10.0. The highest BCUT2D eigenvalue weighted by atomic mass is 32.2. The van der Waals surface area contributed by atoms with Gasteiger partial charge in [-0.2, -0.15) is 17.2 Å². The van der Waals surface area contributed by atoms with Crippen molar-refractivity contribution in [3.8, 4) is 0 Å². The molecule has 0 heterocycles. The summed E-state index contributed by atoms with van der Waals surface area (Å²) in [6.45, 7) is -0.0413. The van der Waals surface area contributed by atoms with Crippen LogP contribution in [0.1, 0.15) is 6.92 Å². The smallest absolute Gasteiger partial charge is 0.361 e. The molecular formula is C4H6F2O5S. The lowest BCUT2D eigenvalue weighted by molar-refractivity contribution is -0.147. The molecule has 12 heavy (non-hydrogen) atoms. The Morgan fingerprint density at radius 3 is 2.33 bits per heavy atom. The van der Waals surface area contributed by atoms with E-state index < -0.39 is 28.6 Å². The third-order valence-electron chi connectivity index (χ3n) is 0.693. The van der Waals surface area contributed by atoms with E-state index in [0.717, 1.165) is 6.92 Å². The fourth-order valence-electron chi connectivity index (χ4n) is 0.226. The van der Waals surface area contributed by atoms with Gasteiger partial charge in [0.1, 0.15) is 0 Å². The average Bonchev–Trinajstić information content (AvgIpc) is 1.85. The van der Waals surface area contributed by atoms with Gasteiger partial charge in [0.15, 0.2) is 0 Å². The molecule has 5 nitrogen and oxygen atoms in total. The molecule has 0 unspecified atom stereocenters. The number of carbonyl (C=O) groups is 1. The number of hydrogen-bond acceptors (Lipinski definition) is 5. The minimum Gasteiger partial charge on any atom is -0.437 e. The summed E-state index contributed by atoms with van der Waals surface area (Å²) < 4.78 is 50.8. The SMILES string of the molecule is CC(=O)OCOS(=O)(=O)C(F)F. The number of esters is 1. The van der Waals surface area contributed by atoms with Gasteiger partial charge in [0.2, 0.25) is 6.79 Å². The Morgan fingerprint density at radius 2 is 2.00 bits per heavy atom. The minimum absolute atomic E-state index is 0.820. The van der Waals surface area contributed by atoms with Crippen LogP contribution in [0.25, 0.3) is 0 Å². The van der Waals surface area contributed by atoms with Gasteiger partial charge in [0, 0.05) is 6.92 Å². The standard InChI is InChI=1S/C4H6F2O5S/c1-3(7)10-2-11-12(8,9)4(5)6/h4H,2H2,1H3. The molecule has 72 valence electrons. The minimum atomic E-state index is -4.90. The summed E-state index contributed by atoms with van der Waals surface area (Å²) in [6, 6.07) is 0. The van der Waals surface area contributed by atoms with Crippen LogP contribution in [0, 0.1) is 0 Å². The molecule has 0 aliphatic heterocycles. The van der Waals surface area contributed by atoms with Gasteiger partial charge in [-0.1, -0.05) is 0 Å². The molecule has 0 aromatic carbocycles. The van der Waals surface area contributed by atoms with Gasteiger partial charge in [-0.15, -0.1) is 0 Å². The highest BCUT2D eigenvalue weighted by molar-refractivity contribution is 7.87. The molecule has 0 aliphatic carbocycles. The second kappa shape index (κ2) is 4.31. The van der Waals surface area contributed by atoms with Crippen molar-refractivity contribution in [2.24, 2.45) is 0 Å². The van der Waals surface area contributed by atoms with Crippen molar-refractivity contribution in [1.82, 2.24) is 0 Å². The third-order valence-corrected chi connectivity index (χ3v) is 1.55. The molecular weight excluding hydrogens is 198 g/mol. The first-order chi connectivity index (χ1) is 5.36. The van der Waals surface area contributed by atoms with E-state index in [1.54, 1.807) is 0 Å². The fourth-order valence-corrected chi connectivity index (χ4v) is 0.511. The van der Waals surface area contributed by atoms with Gasteiger partial charge < -0.3 is 4.74 Å². The molecule has 8 heteroatoms. The zero-order chi connectivity index (χ0) is 9.78. The molecule has 0 radical (unpaired) electrons. The molecule has 0 aromatic rings. The van der Waals surface area contributed by atoms with E-state index in [2.05, 4.69) is 8.92 Å². The average molecular weight is 204 g/mol. The first-order valence-electron chi connectivity index (χ1n) is 2.66. The normalized spacial score (nSPS) is 11.7. The Balaban J connectivity index is 3.86. The van der Waals surface area contributed by atoms with Crippen molar-refractivity contribution in [1.29, 1.82) is 0 Å². The lowest BCUT2D eigenvalue weighted by Crippen LogP contribution is -2.17. The van der Waals surface area contributed by atoms with E-state index in [9.17, 15) is 22.0 Å². The van der Waals surface area contributed by atoms with Crippen molar-refractivity contribution in [2.75, 3.05) is 6.79 Å². The van der Waals surface area contributed by atoms with Crippen LogP contribution in [0.4, 0.5) is 8.78 Å². The topological polar surface area (TPSA) is 69.7 Å². The van der Waals surface area contributed by atoms with E-state index in [4.69, 9.17) is 0 Å². The van der Waals surface area contributed by atoms with Crippen LogP contribution in [0.5, 0.6) is 0 Å². The molecule has 0 spiro atoms. The van der Waals surface area contributed by atoms with Gasteiger partial charge in [-0.05, 0) is 0 Å². The van der Waals surface area contributed by atoms with Crippen molar-refractivity contribution < 1.29 is 30.9 Å². The Hall–Kier alpha value is -0.760. The Kier molecular flexibility index (Phi) is 4.04. The summed E-state index contributed by atoms with van der Waals surface area (Å²) in [5, 5.41) is 0. The maximum atomic E-state index is 11.5. The van der Waals surface area contributed by atoms with Crippen LogP contribution >= 0.6 is 0 Å². The molecule has 0 atom stereocenters. The van der Waals surface area contributed by atoms with E-state index in [-0.39, 0.29) is 0 Å². The number of alkyl halides is 2. The maximum Gasteiger partial charge on any atom is 0.361 e. The van der Waals surface area contributed by atoms with Crippen molar-refractivity contribution in [3.05, 3.63) is 0 Å². The number of hydrogen-bond donors (Lipinski definition) is 0. The van der Waals surface area contributed by atoms with Crippen LogP contribution < -0.4 is 0 Å². The Morgan fingerprint density at radius 1 is 1.50 bits per heavy atom. The molecule has 0 saturated carbocycles. The van der Waals surface area contributed by atoms with E-state index >= 15 is 0 Å². The van der Waals surface area contributed by atoms with Gasteiger partial charge in [-0.25, -0.2) is 4.18 Å². The first-order valence-corrected chi connectivity index (χ1v) is 4.13. The van der Waals surface area contributed by atoms with Crippen molar-refractivity contribution in [3.63, 3.8) is 0 Å². The largest absolute Gasteiger partial charge is 0.437 e. The first kappa shape index (κ1) is 11.2. The number of carbonyl (C=O) groups excluding carboxylic acids is 1. The quantitative estimate of drug-likeness (QED) is 0.368. The van der Waals surface area contributed by atoms with E-state index in [0.29, 0.717) is 0 Å². The number of rotatable bonds is 4.